The first kappa shape index (κ1) is 18.4. The summed E-state index contributed by atoms with van der Waals surface area (Å²) in [4.78, 5) is 14.2. The standard InChI is InChI=1S/C21H18N6O2/c1-29-16-7-4-6-15(12-16)21-23-25-27(24-21)14-20(28)18-13-26(11-5-10-22)19-9-3-2-8-17(18)19/h2-4,6-9,12-13H,5,11,14H2,1H3. The van der Waals surface area contributed by atoms with Gasteiger partial charge in [-0.15, -0.1) is 10.2 Å². The van der Waals surface area contributed by atoms with Crippen LogP contribution in [0.3, 0.4) is 0 Å². The first-order valence-corrected chi connectivity index (χ1v) is 9.10. The molecule has 2 aromatic heterocycles. The lowest BCUT2D eigenvalue weighted by atomic mass is 10.1. The van der Waals surface area contributed by atoms with Gasteiger partial charge in [-0.3, -0.25) is 4.79 Å². The zero-order valence-corrected chi connectivity index (χ0v) is 15.8. The molecule has 0 saturated carbocycles. The van der Waals surface area contributed by atoms with Gasteiger partial charge in [-0.2, -0.15) is 10.1 Å². The minimum absolute atomic E-state index is 0.0246. The summed E-state index contributed by atoms with van der Waals surface area (Å²) in [7, 11) is 1.59. The zero-order chi connectivity index (χ0) is 20.2. The van der Waals surface area contributed by atoms with Gasteiger partial charge in [0.1, 0.15) is 12.3 Å². The number of nitrogens with zero attached hydrogens (tertiary/aromatic N) is 6. The fourth-order valence-electron chi connectivity index (χ4n) is 3.23. The van der Waals surface area contributed by atoms with Crippen molar-refractivity contribution < 1.29 is 9.53 Å². The molecular formula is C21H18N6O2. The highest BCUT2D eigenvalue weighted by molar-refractivity contribution is 6.07. The summed E-state index contributed by atoms with van der Waals surface area (Å²) in [5, 5.41) is 22.1. The molecule has 4 aromatic rings. The fraction of sp³-hybridized carbons (Fsp3) is 0.190. The average Bonchev–Trinajstić information content (AvgIpc) is 3.37. The van der Waals surface area contributed by atoms with E-state index in [9.17, 15) is 4.79 Å². The molecule has 0 radical (unpaired) electrons. The highest BCUT2D eigenvalue weighted by Crippen LogP contribution is 2.23. The Morgan fingerprint density at radius 1 is 1.21 bits per heavy atom. The zero-order valence-electron chi connectivity index (χ0n) is 15.8. The van der Waals surface area contributed by atoms with Crippen LogP contribution in [0.1, 0.15) is 16.8 Å². The molecule has 0 saturated heterocycles. The fourth-order valence-corrected chi connectivity index (χ4v) is 3.23. The van der Waals surface area contributed by atoms with E-state index < -0.39 is 0 Å². The molecule has 0 amide bonds. The second-order valence-corrected chi connectivity index (χ2v) is 6.46. The van der Waals surface area contributed by atoms with E-state index in [2.05, 4.69) is 21.5 Å². The first-order chi connectivity index (χ1) is 14.2. The van der Waals surface area contributed by atoms with Crippen molar-refractivity contribution in [3.63, 3.8) is 0 Å². The number of rotatable bonds is 7. The van der Waals surface area contributed by atoms with Crippen LogP contribution in [0.15, 0.2) is 54.7 Å². The number of nitriles is 1. The number of methoxy groups -OCH3 is 1. The third kappa shape index (κ3) is 3.71. The number of aryl methyl sites for hydroxylation is 1. The Labute approximate surface area is 166 Å². The number of ether oxygens (including phenoxy) is 1. The van der Waals surface area contributed by atoms with Crippen LogP contribution in [0.4, 0.5) is 0 Å². The Morgan fingerprint density at radius 3 is 2.90 bits per heavy atom. The molecule has 0 fully saturated rings. The predicted octanol–water partition coefficient (Wildman–Crippen LogP) is 3.10. The highest BCUT2D eigenvalue weighted by atomic mass is 16.5. The van der Waals surface area contributed by atoms with Crippen molar-refractivity contribution in [2.75, 3.05) is 7.11 Å². The number of hydrogen-bond donors (Lipinski definition) is 0. The summed E-state index contributed by atoms with van der Waals surface area (Å²) in [5.41, 5.74) is 2.27. The maximum atomic E-state index is 12.9. The van der Waals surface area contributed by atoms with Crippen molar-refractivity contribution in [2.24, 2.45) is 0 Å². The maximum Gasteiger partial charge on any atom is 0.205 e. The molecular weight excluding hydrogens is 368 g/mol. The van der Waals surface area contributed by atoms with E-state index >= 15 is 0 Å². The molecule has 0 spiro atoms. The molecule has 8 nitrogen and oxygen atoms in total. The Balaban J connectivity index is 1.59. The number of ketones is 1. The van der Waals surface area contributed by atoms with Gasteiger partial charge in [0.05, 0.1) is 19.6 Å². The lowest BCUT2D eigenvalue weighted by Gasteiger charge is -2.00. The number of tetrazole rings is 1. The molecule has 0 aliphatic rings. The lowest BCUT2D eigenvalue weighted by molar-refractivity contribution is 0.0963. The van der Waals surface area contributed by atoms with Crippen LogP contribution in [-0.2, 0) is 13.1 Å². The van der Waals surface area contributed by atoms with Gasteiger partial charge in [0.15, 0.2) is 5.78 Å². The molecule has 0 atom stereocenters. The van der Waals surface area contributed by atoms with Crippen LogP contribution in [0.5, 0.6) is 5.75 Å². The smallest absolute Gasteiger partial charge is 0.205 e. The summed E-state index contributed by atoms with van der Waals surface area (Å²) in [6, 6.07) is 17.1. The monoisotopic (exact) mass is 386 g/mol. The largest absolute Gasteiger partial charge is 0.497 e. The number of benzene rings is 2. The predicted molar refractivity (Wildman–Crippen MR) is 106 cm³/mol. The van der Waals surface area contributed by atoms with E-state index in [-0.39, 0.29) is 12.3 Å². The van der Waals surface area contributed by atoms with Gasteiger partial charge >= 0.3 is 0 Å². The van der Waals surface area contributed by atoms with Gasteiger partial charge in [0.25, 0.3) is 0 Å². The topological polar surface area (TPSA) is 98.6 Å². The molecule has 0 aliphatic carbocycles. The van der Waals surface area contributed by atoms with Gasteiger partial charge < -0.3 is 9.30 Å². The Hall–Kier alpha value is -3.99. The van der Waals surface area contributed by atoms with Gasteiger partial charge in [-0.1, -0.05) is 30.3 Å². The highest BCUT2D eigenvalue weighted by Gasteiger charge is 2.17. The molecule has 0 N–H and O–H groups in total. The van der Waals surface area contributed by atoms with E-state index in [1.54, 1.807) is 13.3 Å². The summed E-state index contributed by atoms with van der Waals surface area (Å²) >= 11 is 0. The second kappa shape index (κ2) is 7.94. The van der Waals surface area contributed by atoms with Crippen molar-refractivity contribution in [3.05, 3.63) is 60.3 Å². The molecule has 4 rings (SSSR count). The van der Waals surface area contributed by atoms with Gasteiger partial charge in [0, 0.05) is 34.8 Å². The molecule has 0 aliphatic heterocycles. The van der Waals surface area contributed by atoms with Gasteiger partial charge in [-0.05, 0) is 23.4 Å². The molecule has 29 heavy (non-hydrogen) atoms. The first-order valence-electron chi connectivity index (χ1n) is 9.10. The molecule has 8 heteroatoms. The second-order valence-electron chi connectivity index (χ2n) is 6.46. The van der Waals surface area contributed by atoms with Crippen LogP contribution < -0.4 is 4.74 Å². The van der Waals surface area contributed by atoms with Crippen LogP contribution in [-0.4, -0.2) is 37.7 Å². The van der Waals surface area contributed by atoms with Crippen molar-refractivity contribution in [1.82, 2.24) is 24.8 Å². The van der Waals surface area contributed by atoms with Gasteiger partial charge in [0.2, 0.25) is 5.82 Å². The molecule has 144 valence electrons. The normalized spacial score (nSPS) is 10.8. The van der Waals surface area contributed by atoms with Crippen LogP contribution >= 0.6 is 0 Å². The van der Waals surface area contributed by atoms with Crippen LogP contribution in [0.2, 0.25) is 0 Å². The minimum Gasteiger partial charge on any atom is -0.497 e. The molecule has 0 unspecified atom stereocenters. The van der Waals surface area contributed by atoms with E-state index in [0.717, 1.165) is 16.5 Å². The summed E-state index contributed by atoms with van der Waals surface area (Å²) in [6.07, 6.45) is 2.17. The SMILES string of the molecule is COc1cccc(-c2nnn(CC(=O)c3cn(CCC#N)c4ccccc34)n2)c1. The molecule has 0 bridgehead atoms. The minimum atomic E-state index is -0.119. The number of fused-ring (bicyclic) bond motifs is 1. The summed E-state index contributed by atoms with van der Waals surface area (Å²) in [6.45, 7) is 0.509. The number of Topliss-reactive ketones (excluding diaryl/α,β-unsaturated/α-hetero) is 1. The number of aromatic nitrogens is 5. The number of carbonyl (C=O) groups excluding carboxylic acids is 1. The number of para-hydroxylation sites is 1. The summed E-state index contributed by atoms with van der Waals surface area (Å²) in [5.74, 6) is 1.000. The average molecular weight is 386 g/mol. The van der Waals surface area contributed by atoms with Crippen molar-refractivity contribution >= 4 is 16.7 Å². The van der Waals surface area contributed by atoms with Crippen molar-refractivity contribution in [2.45, 2.75) is 19.5 Å². The van der Waals surface area contributed by atoms with E-state index in [4.69, 9.17) is 10.00 Å². The Morgan fingerprint density at radius 2 is 2.07 bits per heavy atom. The van der Waals surface area contributed by atoms with Crippen molar-refractivity contribution in [3.8, 4) is 23.2 Å². The number of hydrogen-bond acceptors (Lipinski definition) is 6. The van der Waals surface area contributed by atoms with E-state index in [1.165, 1.54) is 4.80 Å². The third-order valence-corrected chi connectivity index (χ3v) is 4.62. The van der Waals surface area contributed by atoms with Crippen LogP contribution in [0, 0.1) is 11.3 Å². The third-order valence-electron chi connectivity index (χ3n) is 4.62. The quantitative estimate of drug-likeness (QED) is 0.453. The lowest BCUT2D eigenvalue weighted by Crippen LogP contribution is -2.13. The Kier molecular flexibility index (Phi) is 5.03. The molecule has 2 aromatic carbocycles. The number of carbonyl (C=O) groups is 1. The Bertz CT molecular complexity index is 1220. The summed E-state index contributed by atoms with van der Waals surface area (Å²) < 4.78 is 7.15. The maximum absolute atomic E-state index is 12.9. The van der Waals surface area contributed by atoms with Gasteiger partial charge in [-0.25, -0.2) is 0 Å². The van der Waals surface area contributed by atoms with Crippen molar-refractivity contribution in [1.29, 1.82) is 5.26 Å². The van der Waals surface area contributed by atoms with E-state index in [0.29, 0.717) is 30.1 Å². The van der Waals surface area contributed by atoms with E-state index in [1.807, 2.05) is 53.1 Å². The van der Waals surface area contributed by atoms with Crippen LogP contribution in [0.25, 0.3) is 22.3 Å². The molecule has 2 heterocycles.